The number of alkyl halides is 3. The molecule has 0 aliphatic heterocycles. The van der Waals surface area contributed by atoms with E-state index in [1.807, 2.05) is 0 Å². The Kier molecular flexibility index (Phi) is 3.65. The van der Waals surface area contributed by atoms with Crippen LogP contribution in [0.3, 0.4) is 0 Å². The quantitative estimate of drug-likeness (QED) is 0.625. The van der Waals surface area contributed by atoms with E-state index in [4.69, 9.17) is 0 Å². The van der Waals surface area contributed by atoms with E-state index in [0.29, 0.717) is 4.47 Å². The first kappa shape index (κ1) is 13.5. The lowest BCUT2D eigenvalue weighted by Gasteiger charge is -2.08. The molecular formula is C6H6BrF3N2O3S. The fraction of sp³-hybridized carbons (Fsp3) is 0.500. The molecule has 0 spiro atoms. The molecule has 1 aromatic heterocycles. The zero-order chi connectivity index (χ0) is 12.6. The van der Waals surface area contributed by atoms with Crippen molar-refractivity contribution in [3.63, 3.8) is 0 Å². The van der Waals surface area contributed by atoms with E-state index in [2.05, 4.69) is 25.2 Å². The molecule has 16 heavy (non-hydrogen) atoms. The Morgan fingerprint density at radius 3 is 2.50 bits per heavy atom. The second-order valence-corrected chi connectivity index (χ2v) is 5.19. The third-order valence-corrected chi connectivity index (χ3v) is 3.30. The van der Waals surface area contributed by atoms with E-state index in [0.717, 1.165) is 0 Å². The lowest BCUT2D eigenvalue weighted by Crippen LogP contribution is -2.25. The van der Waals surface area contributed by atoms with Gasteiger partial charge in [-0.25, -0.2) is 0 Å². The van der Waals surface area contributed by atoms with Crippen molar-refractivity contribution >= 4 is 26.0 Å². The molecule has 1 rings (SSSR count). The van der Waals surface area contributed by atoms with Crippen molar-refractivity contribution in [2.45, 2.75) is 12.1 Å². The summed E-state index contributed by atoms with van der Waals surface area (Å²) in [6.45, 7) is -0.737. The van der Waals surface area contributed by atoms with Crippen LogP contribution in [0.15, 0.2) is 10.7 Å². The Bertz CT molecular complexity index is 462. The van der Waals surface area contributed by atoms with Crippen LogP contribution in [-0.4, -0.2) is 23.7 Å². The molecule has 0 saturated carbocycles. The maximum absolute atomic E-state index is 11.9. The van der Waals surface area contributed by atoms with Gasteiger partial charge in [-0.2, -0.15) is 26.7 Å². The van der Waals surface area contributed by atoms with Crippen LogP contribution in [0.2, 0.25) is 0 Å². The number of hydrogen-bond acceptors (Lipinski definition) is 4. The van der Waals surface area contributed by atoms with Crippen molar-refractivity contribution in [1.29, 1.82) is 0 Å². The van der Waals surface area contributed by atoms with Crippen LogP contribution in [0.4, 0.5) is 13.2 Å². The Morgan fingerprint density at radius 1 is 1.56 bits per heavy atom. The van der Waals surface area contributed by atoms with Crippen molar-refractivity contribution in [3.8, 4) is 0 Å². The number of nitrogens with zero attached hydrogens (tertiary/aromatic N) is 2. The Hall–Kier alpha value is -0.610. The smallest absolute Gasteiger partial charge is 0.269 e. The highest BCUT2D eigenvalue weighted by Gasteiger charge is 2.47. The van der Waals surface area contributed by atoms with Gasteiger partial charge in [-0.3, -0.25) is 8.86 Å². The Labute approximate surface area is 97.4 Å². The summed E-state index contributed by atoms with van der Waals surface area (Å²) in [5, 5.41) is 3.69. The lowest BCUT2D eigenvalue weighted by molar-refractivity contribution is -0.0549. The summed E-state index contributed by atoms with van der Waals surface area (Å²) in [5.74, 6) is 0. The molecule has 1 heterocycles. The van der Waals surface area contributed by atoms with Crippen LogP contribution < -0.4 is 0 Å². The second-order valence-electron chi connectivity index (χ2n) is 2.72. The van der Waals surface area contributed by atoms with Crippen molar-refractivity contribution in [1.82, 2.24) is 9.78 Å². The molecule has 0 unspecified atom stereocenters. The van der Waals surface area contributed by atoms with E-state index in [1.54, 1.807) is 0 Å². The minimum absolute atomic E-state index is 0.188. The van der Waals surface area contributed by atoms with Gasteiger partial charge in [0.25, 0.3) is 0 Å². The Balaban J connectivity index is 2.81. The molecule has 92 valence electrons. The molecule has 0 aliphatic carbocycles. The zero-order valence-electron chi connectivity index (χ0n) is 7.82. The van der Waals surface area contributed by atoms with Gasteiger partial charge in [0.05, 0.1) is 16.4 Å². The lowest BCUT2D eigenvalue weighted by atomic mass is 10.5. The van der Waals surface area contributed by atoms with E-state index in [9.17, 15) is 21.6 Å². The predicted molar refractivity (Wildman–Crippen MR) is 50.7 cm³/mol. The van der Waals surface area contributed by atoms with Crippen LogP contribution in [0.5, 0.6) is 0 Å². The molecule has 0 aliphatic rings. The highest BCUT2D eigenvalue weighted by atomic mass is 79.9. The average Bonchev–Trinajstić information content (AvgIpc) is 2.42. The maximum atomic E-state index is 11.9. The van der Waals surface area contributed by atoms with E-state index < -0.39 is 22.2 Å². The normalized spacial score (nSPS) is 13.1. The molecule has 5 nitrogen and oxygen atoms in total. The van der Waals surface area contributed by atoms with Gasteiger partial charge in [0.2, 0.25) is 0 Å². The van der Waals surface area contributed by atoms with Crippen LogP contribution >= 0.6 is 15.9 Å². The summed E-state index contributed by atoms with van der Waals surface area (Å²) in [6.07, 6.45) is 1.32. The summed E-state index contributed by atoms with van der Waals surface area (Å²) in [5.41, 5.74) is -5.23. The van der Waals surface area contributed by atoms with Crippen molar-refractivity contribution < 1.29 is 25.8 Å². The third kappa shape index (κ3) is 2.74. The summed E-state index contributed by atoms with van der Waals surface area (Å²) < 4.78 is 62.3. The summed E-state index contributed by atoms with van der Waals surface area (Å²) in [6, 6.07) is 0. The third-order valence-electron chi connectivity index (χ3n) is 1.64. The monoisotopic (exact) mass is 322 g/mol. The molecule has 1 aromatic rings. The summed E-state index contributed by atoms with van der Waals surface area (Å²) in [4.78, 5) is 0. The molecule has 0 aromatic carbocycles. The van der Waals surface area contributed by atoms with Gasteiger partial charge in [-0.1, -0.05) is 0 Å². The minimum atomic E-state index is -5.57. The molecular weight excluding hydrogens is 317 g/mol. The van der Waals surface area contributed by atoms with Gasteiger partial charge in [-0.15, -0.1) is 0 Å². The molecule has 0 amide bonds. The molecule has 0 bridgehead atoms. The van der Waals surface area contributed by atoms with Gasteiger partial charge in [0.1, 0.15) is 6.61 Å². The topological polar surface area (TPSA) is 61.2 Å². The molecule has 0 saturated heterocycles. The number of aryl methyl sites for hydroxylation is 1. The maximum Gasteiger partial charge on any atom is 0.523 e. The fourth-order valence-electron chi connectivity index (χ4n) is 0.799. The second kappa shape index (κ2) is 4.34. The molecule has 0 radical (unpaired) electrons. The van der Waals surface area contributed by atoms with E-state index >= 15 is 0 Å². The van der Waals surface area contributed by atoms with Crippen LogP contribution in [0.1, 0.15) is 5.69 Å². The van der Waals surface area contributed by atoms with E-state index in [-0.39, 0.29) is 5.69 Å². The Morgan fingerprint density at radius 2 is 2.12 bits per heavy atom. The number of hydrogen-bond donors (Lipinski definition) is 0. The van der Waals surface area contributed by atoms with Crippen molar-refractivity contribution in [2.24, 2.45) is 7.05 Å². The van der Waals surface area contributed by atoms with Crippen LogP contribution in [0, 0.1) is 0 Å². The number of aromatic nitrogens is 2. The van der Waals surface area contributed by atoms with E-state index in [1.165, 1.54) is 17.9 Å². The first-order valence-corrected chi connectivity index (χ1v) is 5.97. The minimum Gasteiger partial charge on any atom is -0.269 e. The molecule has 0 N–H and O–H groups in total. The van der Waals surface area contributed by atoms with Crippen LogP contribution in [-0.2, 0) is 28.0 Å². The first-order chi connectivity index (χ1) is 7.15. The fourth-order valence-corrected chi connectivity index (χ4v) is 1.66. The molecule has 0 atom stereocenters. The summed E-state index contributed by atoms with van der Waals surface area (Å²) >= 11 is 3.00. The van der Waals surface area contributed by atoms with Gasteiger partial charge in [-0.05, 0) is 15.9 Å². The predicted octanol–water partition coefficient (Wildman–Crippen LogP) is 1.55. The molecule has 0 fully saturated rings. The standard InChI is InChI=1S/C6H6BrF3N2O3S/c1-12-5(4(7)2-11-12)3-15-16(13,14)6(8,9)10/h2H,3H2,1H3. The van der Waals surface area contributed by atoms with Gasteiger partial charge < -0.3 is 0 Å². The van der Waals surface area contributed by atoms with Gasteiger partial charge in [0.15, 0.2) is 0 Å². The highest BCUT2D eigenvalue weighted by molar-refractivity contribution is 9.10. The van der Waals surface area contributed by atoms with Crippen LogP contribution in [0.25, 0.3) is 0 Å². The van der Waals surface area contributed by atoms with Crippen molar-refractivity contribution in [3.05, 3.63) is 16.4 Å². The largest absolute Gasteiger partial charge is 0.523 e. The SMILES string of the molecule is Cn1ncc(Br)c1COS(=O)(=O)C(F)(F)F. The zero-order valence-corrected chi connectivity index (χ0v) is 10.2. The molecule has 10 heteroatoms. The highest BCUT2D eigenvalue weighted by Crippen LogP contribution is 2.26. The number of halogens is 4. The first-order valence-electron chi connectivity index (χ1n) is 3.77. The number of rotatable bonds is 3. The average molecular weight is 323 g/mol. The van der Waals surface area contributed by atoms with Crippen molar-refractivity contribution in [2.75, 3.05) is 0 Å². The van der Waals surface area contributed by atoms with Gasteiger partial charge in [0, 0.05) is 7.05 Å². The van der Waals surface area contributed by atoms with Gasteiger partial charge >= 0.3 is 15.6 Å². The summed E-state index contributed by atoms with van der Waals surface area (Å²) in [7, 11) is -4.12.